The topological polar surface area (TPSA) is 73.1 Å². The van der Waals surface area contributed by atoms with E-state index in [-0.39, 0.29) is 0 Å². The summed E-state index contributed by atoms with van der Waals surface area (Å²) in [6.07, 6.45) is 1.49. The molecule has 0 bridgehead atoms. The van der Waals surface area contributed by atoms with Crippen LogP contribution in [0.2, 0.25) is 0 Å². The Morgan fingerprint density at radius 2 is 2.05 bits per heavy atom. The van der Waals surface area contributed by atoms with Crippen molar-refractivity contribution in [1.82, 2.24) is 15.1 Å². The minimum absolute atomic E-state index is 0.584. The van der Waals surface area contributed by atoms with E-state index in [1.54, 1.807) is 0 Å². The van der Waals surface area contributed by atoms with Gasteiger partial charge in [0.05, 0.1) is 17.9 Å². The molecule has 6 nitrogen and oxygen atoms in total. The smallest absolute Gasteiger partial charge is 0.221 e. The van der Waals surface area contributed by atoms with Crippen LogP contribution in [0.3, 0.4) is 0 Å². The van der Waals surface area contributed by atoms with Gasteiger partial charge in [-0.15, -0.1) is 0 Å². The van der Waals surface area contributed by atoms with Crippen molar-refractivity contribution in [3.8, 4) is 5.88 Å². The van der Waals surface area contributed by atoms with Crippen molar-refractivity contribution >= 4 is 5.82 Å². The summed E-state index contributed by atoms with van der Waals surface area (Å²) in [5.41, 5.74) is 2.84. The van der Waals surface area contributed by atoms with E-state index in [1.807, 2.05) is 27.7 Å². The molecule has 0 spiro atoms. The van der Waals surface area contributed by atoms with Crippen molar-refractivity contribution in [3.63, 3.8) is 0 Å². The van der Waals surface area contributed by atoms with Crippen molar-refractivity contribution in [1.29, 1.82) is 0 Å². The summed E-state index contributed by atoms with van der Waals surface area (Å²) in [6.45, 7) is 8.88. The average Bonchev–Trinajstić information content (AvgIpc) is 2.71. The zero-order chi connectivity index (χ0) is 13.8. The number of aryl methyl sites for hydroxylation is 2. The van der Waals surface area contributed by atoms with Gasteiger partial charge in [0.15, 0.2) is 0 Å². The van der Waals surface area contributed by atoms with E-state index >= 15 is 0 Å². The van der Waals surface area contributed by atoms with Gasteiger partial charge in [0.2, 0.25) is 5.88 Å². The third-order valence-corrected chi connectivity index (χ3v) is 2.93. The van der Waals surface area contributed by atoms with Crippen LogP contribution in [-0.4, -0.2) is 21.7 Å². The maximum atomic E-state index is 5.44. The van der Waals surface area contributed by atoms with E-state index in [0.717, 1.165) is 28.4 Å². The Hall–Kier alpha value is -2.11. The molecule has 0 aliphatic heterocycles. The summed E-state index contributed by atoms with van der Waals surface area (Å²) in [4.78, 5) is 8.33. The van der Waals surface area contributed by atoms with Crippen molar-refractivity contribution in [2.45, 2.75) is 34.2 Å². The fraction of sp³-hybridized carbons (Fsp3) is 0.462. The molecule has 2 aromatic rings. The number of nitrogens with zero attached hydrogens (tertiary/aromatic N) is 3. The molecule has 0 fully saturated rings. The number of anilines is 1. The summed E-state index contributed by atoms with van der Waals surface area (Å²) < 4.78 is 10.6. The molecule has 0 aromatic carbocycles. The predicted molar refractivity (Wildman–Crippen MR) is 71.2 cm³/mol. The lowest BCUT2D eigenvalue weighted by atomic mass is 10.2. The number of rotatable bonds is 5. The van der Waals surface area contributed by atoms with Crippen LogP contribution in [0, 0.1) is 20.8 Å². The molecule has 1 N–H and O–H groups in total. The molecule has 0 amide bonds. The van der Waals surface area contributed by atoms with Crippen molar-refractivity contribution in [2.75, 3.05) is 11.9 Å². The molecule has 0 radical (unpaired) electrons. The molecular formula is C13H18N4O2. The Labute approximate surface area is 112 Å². The van der Waals surface area contributed by atoms with E-state index in [2.05, 4.69) is 20.4 Å². The fourth-order valence-corrected chi connectivity index (χ4v) is 1.82. The van der Waals surface area contributed by atoms with Gasteiger partial charge in [-0.05, 0) is 27.7 Å². The van der Waals surface area contributed by atoms with Crippen LogP contribution in [0.15, 0.2) is 10.9 Å². The van der Waals surface area contributed by atoms with Crippen LogP contribution in [0.25, 0.3) is 0 Å². The van der Waals surface area contributed by atoms with E-state index in [1.165, 1.54) is 6.33 Å². The third kappa shape index (κ3) is 2.83. The second-order valence-corrected chi connectivity index (χ2v) is 4.24. The van der Waals surface area contributed by atoms with Gasteiger partial charge in [-0.2, -0.15) is 0 Å². The summed E-state index contributed by atoms with van der Waals surface area (Å²) in [5, 5.41) is 7.19. The van der Waals surface area contributed by atoms with Crippen molar-refractivity contribution in [3.05, 3.63) is 28.9 Å². The second-order valence-electron chi connectivity index (χ2n) is 4.24. The SMILES string of the molecule is CCOc1ncnc(NCc2c(C)noc2C)c1C. The lowest BCUT2D eigenvalue weighted by Gasteiger charge is -2.11. The quantitative estimate of drug-likeness (QED) is 0.892. The molecule has 0 atom stereocenters. The fourth-order valence-electron chi connectivity index (χ4n) is 1.82. The van der Waals surface area contributed by atoms with Crippen LogP contribution in [-0.2, 0) is 6.54 Å². The molecule has 6 heteroatoms. The molecule has 0 unspecified atom stereocenters. The van der Waals surface area contributed by atoms with Gasteiger partial charge >= 0.3 is 0 Å². The first kappa shape index (κ1) is 13.3. The Balaban J connectivity index is 2.14. The minimum atomic E-state index is 0.584. The highest BCUT2D eigenvalue weighted by atomic mass is 16.5. The largest absolute Gasteiger partial charge is 0.478 e. The van der Waals surface area contributed by atoms with Gasteiger partial charge in [0, 0.05) is 12.1 Å². The highest BCUT2D eigenvalue weighted by molar-refractivity contribution is 5.48. The zero-order valence-electron chi connectivity index (χ0n) is 11.6. The number of hydrogen-bond acceptors (Lipinski definition) is 6. The molecule has 0 aliphatic rings. The minimum Gasteiger partial charge on any atom is -0.478 e. The van der Waals surface area contributed by atoms with Crippen LogP contribution >= 0.6 is 0 Å². The first-order valence-corrected chi connectivity index (χ1v) is 6.23. The maximum Gasteiger partial charge on any atom is 0.221 e. The van der Waals surface area contributed by atoms with Gasteiger partial charge in [-0.25, -0.2) is 9.97 Å². The molecule has 102 valence electrons. The van der Waals surface area contributed by atoms with Gasteiger partial charge in [0.25, 0.3) is 0 Å². The molecule has 2 rings (SSSR count). The van der Waals surface area contributed by atoms with Crippen LogP contribution in [0.4, 0.5) is 5.82 Å². The van der Waals surface area contributed by atoms with Gasteiger partial charge < -0.3 is 14.6 Å². The number of aromatic nitrogens is 3. The summed E-state index contributed by atoms with van der Waals surface area (Å²) in [6, 6.07) is 0. The average molecular weight is 262 g/mol. The van der Waals surface area contributed by atoms with Crippen LogP contribution in [0.1, 0.15) is 29.5 Å². The molecule has 0 aliphatic carbocycles. The maximum absolute atomic E-state index is 5.44. The Morgan fingerprint density at radius 1 is 1.26 bits per heavy atom. The summed E-state index contributed by atoms with van der Waals surface area (Å²) in [7, 11) is 0. The van der Waals surface area contributed by atoms with E-state index < -0.39 is 0 Å². The van der Waals surface area contributed by atoms with Crippen molar-refractivity contribution < 1.29 is 9.26 Å². The molecule has 0 saturated carbocycles. The molecule has 19 heavy (non-hydrogen) atoms. The summed E-state index contributed by atoms with van der Waals surface area (Å²) >= 11 is 0. The molecular weight excluding hydrogens is 244 g/mol. The van der Waals surface area contributed by atoms with Gasteiger partial charge in [-0.3, -0.25) is 0 Å². The highest BCUT2D eigenvalue weighted by Gasteiger charge is 2.11. The molecule has 2 aromatic heterocycles. The molecule has 0 saturated heterocycles. The van der Waals surface area contributed by atoms with Gasteiger partial charge in [0.1, 0.15) is 17.9 Å². The van der Waals surface area contributed by atoms with E-state index in [4.69, 9.17) is 9.26 Å². The lowest BCUT2D eigenvalue weighted by molar-refractivity contribution is 0.324. The lowest BCUT2D eigenvalue weighted by Crippen LogP contribution is -2.07. The third-order valence-electron chi connectivity index (χ3n) is 2.93. The van der Waals surface area contributed by atoms with Crippen LogP contribution in [0.5, 0.6) is 5.88 Å². The summed E-state index contributed by atoms with van der Waals surface area (Å²) in [5.74, 6) is 2.19. The normalized spacial score (nSPS) is 10.5. The monoisotopic (exact) mass is 262 g/mol. The van der Waals surface area contributed by atoms with E-state index in [0.29, 0.717) is 19.0 Å². The Bertz CT molecular complexity index is 546. The van der Waals surface area contributed by atoms with Gasteiger partial charge in [-0.1, -0.05) is 5.16 Å². The standard InChI is InChI=1S/C13H18N4O2/c1-5-18-13-8(2)12(15-7-16-13)14-6-11-9(3)17-19-10(11)4/h7H,5-6H2,1-4H3,(H,14,15,16). The number of hydrogen-bond donors (Lipinski definition) is 1. The zero-order valence-corrected chi connectivity index (χ0v) is 11.6. The Morgan fingerprint density at radius 3 is 2.68 bits per heavy atom. The number of ether oxygens (including phenoxy) is 1. The van der Waals surface area contributed by atoms with Crippen molar-refractivity contribution in [2.24, 2.45) is 0 Å². The van der Waals surface area contributed by atoms with Crippen LogP contribution < -0.4 is 10.1 Å². The predicted octanol–water partition coefficient (Wildman–Crippen LogP) is 2.40. The first-order valence-electron chi connectivity index (χ1n) is 6.23. The second kappa shape index (κ2) is 5.69. The first-order chi connectivity index (χ1) is 9.13. The highest BCUT2D eigenvalue weighted by Crippen LogP contribution is 2.21. The molecule has 2 heterocycles. The van der Waals surface area contributed by atoms with E-state index in [9.17, 15) is 0 Å². The number of nitrogens with one attached hydrogen (secondary N) is 1. The Kier molecular flexibility index (Phi) is 3.99.